The first kappa shape index (κ1) is 25.6. The van der Waals surface area contributed by atoms with Crippen LogP contribution in [0.15, 0.2) is 84.2 Å². The number of fused-ring (bicyclic) bond motifs is 1. The van der Waals surface area contributed by atoms with E-state index in [-0.39, 0.29) is 21.2 Å². The van der Waals surface area contributed by atoms with Gasteiger partial charge in [0.05, 0.1) is 35.6 Å². The van der Waals surface area contributed by atoms with E-state index in [0.717, 1.165) is 12.3 Å². The van der Waals surface area contributed by atoms with E-state index in [1.807, 2.05) is 0 Å². The Kier molecular flexibility index (Phi) is 6.30. The van der Waals surface area contributed by atoms with Crippen molar-refractivity contribution >= 4 is 34.1 Å². The van der Waals surface area contributed by atoms with Crippen LogP contribution in [0, 0.1) is 12.3 Å². The molecule has 38 heavy (non-hydrogen) atoms. The van der Waals surface area contributed by atoms with E-state index in [0.29, 0.717) is 27.4 Å². The number of benzene rings is 2. The number of aromatic nitrogens is 4. The van der Waals surface area contributed by atoms with Gasteiger partial charge < -0.3 is 4.57 Å². The molecule has 190 valence electrons. The van der Waals surface area contributed by atoms with E-state index >= 15 is 0 Å². The third kappa shape index (κ3) is 4.24. The summed E-state index contributed by atoms with van der Waals surface area (Å²) in [4.78, 5) is 19.8. The van der Waals surface area contributed by atoms with Gasteiger partial charge in [-0.15, -0.1) is 31.2 Å². The highest BCUT2D eigenvalue weighted by Crippen LogP contribution is 2.44. The number of nitrogens with zero attached hydrogens (tertiary/aromatic N) is 4. The lowest BCUT2D eigenvalue weighted by Gasteiger charge is -2.28. The second-order valence-corrected chi connectivity index (χ2v) is 9.57. The minimum absolute atomic E-state index is 0.113. The number of hydrogen-bond donors (Lipinski definition) is 0. The normalized spacial score (nSPS) is 13.3. The monoisotopic (exact) mass is 552 g/mol. The Labute approximate surface area is 225 Å². The fourth-order valence-electron chi connectivity index (χ4n) is 4.49. The molecule has 0 N–H and O–H groups in total. The average molecular weight is 553 g/mol. The van der Waals surface area contributed by atoms with Crippen LogP contribution in [0.3, 0.4) is 0 Å². The molecular formula is C28H17Cl2F3N4O. The topological polar surface area (TPSA) is 52.7 Å². The van der Waals surface area contributed by atoms with E-state index < -0.39 is 22.3 Å². The van der Waals surface area contributed by atoms with Crippen molar-refractivity contribution in [3.8, 4) is 23.5 Å². The summed E-state index contributed by atoms with van der Waals surface area (Å²) in [7, 11) is 1.74. The zero-order chi connectivity index (χ0) is 27.2. The molecule has 0 bridgehead atoms. The zero-order valence-electron chi connectivity index (χ0n) is 19.7. The van der Waals surface area contributed by atoms with Crippen molar-refractivity contribution in [1.29, 1.82) is 0 Å². The van der Waals surface area contributed by atoms with Gasteiger partial charge in [0, 0.05) is 29.1 Å². The van der Waals surface area contributed by atoms with Gasteiger partial charge in [0.2, 0.25) is 0 Å². The van der Waals surface area contributed by atoms with Crippen molar-refractivity contribution < 1.29 is 13.2 Å². The van der Waals surface area contributed by atoms with Crippen molar-refractivity contribution in [2.45, 2.75) is 11.2 Å². The first-order valence-electron chi connectivity index (χ1n) is 11.2. The number of imidazole rings is 1. The summed E-state index contributed by atoms with van der Waals surface area (Å²) in [6.45, 7) is 0. The average Bonchev–Trinajstić information content (AvgIpc) is 3.33. The van der Waals surface area contributed by atoms with Gasteiger partial charge in [0.15, 0.2) is 4.87 Å². The number of terminal acetylenes is 1. The molecule has 0 amide bonds. The quantitative estimate of drug-likeness (QED) is 0.190. The summed E-state index contributed by atoms with van der Waals surface area (Å²) in [5.41, 5.74) is 0.879. The Morgan fingerprint density at radius 1 is 1.03 bits per heavy atom. The summed E-state index contributed by atoms with van der Waals surface area (Å²) in [5.74, 6) is 2.50. The maximum absolute atomic E-state index is 14.0. The lowest BCUT2D eigenvalue weighted by Crippen LogP contribution is -2.31. The van der Waals surface area contributed by atoms with Crippen LogP contribution in [0.5, 0.6) is 0 Å². The molecule has 1 unspecified atom stereocenters. The molecule has 1 atom stereocenters. The zero-order valence-corrected chi connectivity index (χ0v) is 21.2. The lowest BCUT2D eigenvalue weighted by molar-refractivity contribution is -0.203. The number of alkyl halides is 4. The number of hydrogen-bond acceptors (Lipinski definition) is 3. The molecule has 3 aromatic heterocycles. The van der Waals surface area contributed by atoms with E-state index in [2.05, 4.69) is 15.9 Å². The first-order valence-corrected chi connectivity index (χ1v) is 11.9. The fraction of sp³-hybridized carbons (Fsp3) is 0.107. The van der Waals surface area contributed by atoms with Gasteiger partial charge in [0.1, 0.15) is 0 Å². The SMILES string of the molecule is C#Cc1cccc(-c2cc(=O)n(C(F)(F)F)c3cnc(C(Cl)(c4ccc(Cl)cc4)c4cncn4C)cc23)c1. The van der Waals surface area contributed by atoms with Crippen molar-refractivity contribution in [1.82, 2.24) is 19.1 Å². The predicted molar refractivity (Wildman–Crippen MR) is 141 cm³/mol. The Balaban J connectivity index is 1.89. The first-order chi connectivity index (χ1) is 18.0. The van der Waals surface area contributed by atoms with Crippen LogP contribution in [0.4, 0.5) is 13.2 Å². The Hall–Kier alpha value is -4.06. The molecule has 5 rings (SSSR count). The second-order valence-electron chi connectivity index (χ2n) is 8.57. The van der Waals surface area contributed by atoms with Gasteiger partial charge in [-0.1, -0.05) is 41.8 Å². The molecule has 0 saturated heterocycles. The van der Waals surface area contributed by atoms with Crippen molar-refractivity contribution in [2.75, 3.05) is 0 Å². The van der Waals surface area contributed by atoms with Crippen LogP contribution in [-0.4, -0.2) is 19.1 Å². The molecule has 2 aromatic carbocycles. The van der Waals surface area contributed by atoms with Crippen LogP contribution in [0.1, 0.15) is 22.5 Å². The smallest absolute Gasteiger partial charge is 0.336 e. The summed E-state index contributed by atoms with van der Waals surface area (Å²) >= 11 is 13.4. The van der Waals surface area contributed by atoms with Crippen molar-refractivity contribution in [3.63, 3.8) is 0 Å². The van der Waals surface area contributed by atoms with Gasteiger partial charge in [-0.2, -0.15) is 0 Å². The van der Waals surface area contributed by atoms with E-state index in [4.69, 9.17) is 29.6 Å². The highest BCUT2D eigenvalue weighted by Gasteiger charge is 2.40. The summed E-state index contributed by atoms with van der Waals surface area (Å²) in [6, 6.07) is 15.8. The Morgan fingerprint density at radius 2 is 1.76 bits per heavy atom. The third-order valence-corrected chi connectivity index (χ3v) is 7.12. The number of rotatable bonds is 4. The highest BCUT2D eigenvalue weighted by atomic mass is 35.5. The van der Waals surface area contributed by atoms with Crippen molar-refractivity contribution in [2.24, 2.45) is 7.05 Å². The van der Waals surface area contributed by atoms with Crippen LogP contribution >= 0.6 is 23.2 Å². The maximum Gasteiger partial charge on any atom is 0.491 e. The van der Waals surface area contributed by atoms with E-state index in [1.165, 1.54) is 6.07 Å². The second kappa shape index (κ2) is 9.35. The maximum atomic E-state index is 14.0. The molecule has 0 radical (unpaired) electrons. The lowest BCUT2D eigenvalue weighted by atomic mass is 9.89. The molecule has 0 aliphatic heterocycles. The molecule has 5 nitrogen and oxygen atoms in total. The molecular weight excluding hydrogens is 536 g/mol. The van der Waals surface area contributed by atoms with Gasteiger partial charge in [0.25, 0.3) is 5.56 Å². The highest BCUT2D eigenvalue weighted by molar-refractivity contribution is 6.31. The minimum Gasteiger partial charge on any atom is -0.336 e. The molecule has 3 heterocycles. The van der Waals surface area contributed by atoms with Gasteiger partial charge >= 0.3 is 6.30 Å². The minimum atomic E-state index is -4.98. The Bertz CT molecular complexity index is 1790. The largest absolute Gasteiger partial charge is 0.491 e. The van der Waals surface area contributed by atoms with Crippen molar-refractivity contribution in [3.05, 3.63) is 117 Å². The number of halogens is 5. The van der Waals surface area contributed by atoms with Crippen LogP contribution in [0.25, 0.3) is 22.0 Å². The Morgan fingerprint density at radius 3 is 2.39 bits per heavy atom. The molecule has 10 heteroatoms. The molecule has 0 fully saturated rings. The van der Waals surface area contributed by atoms with E-state index in [1.54, 1.807) is 72.7 Å². The van der Waals surface area contributed by atoms with Crippen LogP contribution in [-0.2, 0) is 18.2 Å². The van der Waals surface area contributed by atoms with Gasteiger partial charge in [-0.3, -0.25) is 9.78 Å². The fourth-order valence-corrected chi connectivity index (χ4v) is 5.02. The van der Waals surface area contributed by atoms with Crippen LogP contribution < -0.4 is 5.56 Å². The summed E-state index contributed by atoms with van der Waals surface area (Å²) < 4.78 is 43.5. The standard InChI is InChI=1S/C28H17Cl2F3N4O/c1-3-17-5-4-6-18(11-17)21-13-26(38)37(28(31,32)33)23-14-35-24(12-22(21)23)27(30,25-15-34-16-36(25)2)19-7-9-20(29)10-8-19/h1,4-16H,2H3. The molecule has 5 aromatic rings. The molecule has 0 aliphatic rings. The molecule has 0 spiro atoms. The number of aryl methyl sites for hydroxylation is 1. The summed E-state index contributed by atoms with van der Waals surface area (Å²) in [5, 5.41) is 0.594. The van der Waals surface area contributed by atoms with E-state index in [9.17, 15) is 18.0 Å². The van der Waals surface area contributed by atoms with Gasteiger partial charge in [-0.05, 0) is 47.0 Å². The molecule has 0 saturated carbocycles. The molecule has 0 aliphatic carbocycles. The predicted octanol–water partition coefficient (Wildman–Crippen LogP) is 6.44. The van der Waals surface area contributed by atoms with Crippen LogP contribution in [0.2, 0.25) is 5.02 Å². The number of pyridine rings is 2. The summed E-state index contributed by atoms with van der Waals surface area (Å²) in [6.07, 6.45) is 4.68. The third-order valence-electron chi connectivity index (χ3n) is 6.26. The van der Waals surface area contributed by atoms with Gasteiger partial charge in [-0.25, -0.2) is 9.55 Å².